The van der Waals surface area contributed by atoms with E-state index in [0.29, 0.717) is 35.7 Å². The molecular formula is C17H26N6O3S. The van der Waals surface area contributed by atoms with Gasteiger partial charge in [-0.05, 0) is 55.3 Å². The average Bonchev–Trinajstić information content (AvgIpc) is 3.13. The number of hydrogen-bond acceptors (Lipinski definition) is 7. The summed E-state index contributed by atoms with van der Waals surface area (Å²) >= 11 is 0. The quantitative estimate of drug-likeness (QED) is 0.514. The van der Waals surface area contributed by atoms with Crippen LogP contribution in [-0.4, -0.2) is 47.9 Å². The van der Waals surface area contributed by atoms with Gasteiger partial charge in [0.2, 0.25) is 5.16 Å². The van der Waals surface area contributed by atoms with Crippen LogP contribution in [0.25, 0.3) is 5.69 Å². The molecule has 2 unspecified atom stereocenters. The lowest BCUT2D eigenvalue weighted by molar-refractivity contribution is -0.143. The smallest absolute Gasteiger partial charge is 0.328 e. The van der Waals surface area contributed by atoms with Crippen LogP contribution in [0.2, 0.25) is 0 Å². The fourth-order valence-corrected chi connectivity index (χ4v) is 4.31. The molecule has 0 aliphatic carbocycles. The lowest BCUT2D eigenvalue weighted by Crippen LogP contribution is -2.28. The average molecular weight is 395 g/mol. The van der Waals surface area contributed by atoms with Crippen molar-refractivity contribution in [2.75, 3.05) is 11.9 Å². The van der Waals surface area contributed by atoms with Gasteiger partial charge in [-0.15, -0.1) is 0 Å². The summed E-state index contributed by atoms with van der Waals surface area (Å²) < 4.78 is 19.5. The number of nitrogens with zero attached hydrogens (tertiary/aromatic N) is 4. The minimum atomic E-state index is -2.99. The number of ether oxygens (including phenoxy) is 1. The monoisotopic (exact) mass is 394 g/mol. The SMILES string of the molecule is CCOC(=O)C(C)Nc1cccc(-n2nnnc2S(N)(=O)=C(CC)CC)c1. The van der Waals surface area contributed by atoms with Gasteiger partial charge in [-0.1, -0.05) is 25.0 Å². The summed E-state index contributed by atoms with van der Waals surface area (Å²) in [4.78, 5) is 12.5. The minimum Gasteiger partial charge on any atom is -0.464 e. The van der Waals surface area contributed by atoms with Crippen molar-refractivity contribution < 1.29 is 13.7 Å². The van der Waals surface area contributed by atoms with Crippen molar-refractivity contribution in [3.63, 3.8) is 0 Å². The Hall–Kier alpha value is -2.46. The highest BCUT2D eigenvalue weighted by Gasteiger charge is 2.21. The molecule has 27 heavy (non-hydrogen) atoms. The molecule has 0 amide bonds. The van der Waals surface area contributed by atoms with E-state index < -0.39 is 15.7 Å². The highest BCUT2D eigenvalue weighted by atomic mass is 32.2. The third-order valence-electron chi connectivity index (χ3n) is 4.04. The lowest BCUT2D eigenvalue weighted by Gasteiger charge is -2.15. The molecule has 0 fully saturated rings. The first-order chi connectivity index (χ1) is 12.8. The van der Waals surface area contributed by atoms with Crippen molar-refractivity contribution in [2.45, 2.75) is 51.7 Å². The van der Waals surface area contributed by atoms with E-state index in [1.54, 1.807) is 38.1 Å². The topological polar surface area (TPSA) is 125 Å². The van der Waals surface area contributed by atoms with E-state index in [1.165, 1.54) is 4.68 Å². The van der Waals surface area contributed by atoms with Crippen LogP contribution in [0.4, 0.5) is 5.69 Å². The molecule has 1 aromatic heterocycles. The summed E-state index contributed by atoms with van der Waals surface area (Å²) in [5, 5.41) is 20.8. The van der Waals surface area contributed by atoms with E-state index in [9.17, 15) is 9.00 Å². The summed E-state index contributed by atoms with van der Waals surface area (Å²) in [6, 6.07) is 6.59. The predicted octanol–water partition coefficient (Wildman–Crippen LogP) is 1.54. The number of aromatic nitrogens is 4. The maximum atomic E-state index is 13.1. The molecule has 2 aromatic rings. The van der Waals surface area contributed by atoms with Gasteiger partial charge >= 0.3 is 5.97 Å². The molecule has 9 nitrogen and oxygen atoms in total. The number of nitrogens with two attached hydrogens (primary N) is 1. The fraction of sp³-hybridized carbons (Fsp3) is 0.471. The molecule has 0 saturated heterocycles. The minimum absolute atomic E-state index is 0.108. The molecule has 0 radical (unpaired) electrons. The van der Waals surface area contributed by atoms with E-state index in [4.69, 9.17) is 9.88 Å². The van der Waals surface area contributed by atoms with Gasteiger partial charge in [-0.3, -0.25) is 5.14 Å². The van der Waals surface area contributed by atoms with Gasteiger partial charge in [0.15, 0.2) is 0 Å². The summed E-state index contributed by atoms with van der Waals surface area (Å²) in [7, 11) is -2.99. The van der Waals surface area contributed by atoms with Crippen LogP contribution in [0, 0.1) is 0 Å². The molecule has 10 heteroatoms. The van der Waals surface area contributed by atoms with Gasteiger partial charge in [0.1, 0.15) is 6.04 Å². The predicted molar refractivity (Wildman–Crippen MR) is 105 cm³/mol. The summed E-state index contributed by atoms with van der Waals surface area (Å²) in [6.07, 6.45) is 1.16. The molecular weight excluding hydrogens is 368 g/mol. The number of anilines is 1. The maximum Gasteiger partial charge on any atom is 0.328 e. The Labute approximate surface area is 159 Å². The maximum absolute atomic E-state index is 13.1. The largest absolute Gasteiger partial charge is 0.464 e. The van der Waals surface area contributed by atoms with Crippen molar-refractivity contribution in [2.24, 2.45) is 5.14 Å². The number of nitrogens with one attached hydrogen (secondary N) is 1. The summed E-state index contributed by atoms with van der Waals surface area (Å²) in [6.45, 7) is 7.59. The van der Waals surface area contributed by atoms with Gasteiger partial charge in [0.25, 0.3) is 0 Å². The number of tetrazole rings is 1. The summed E-state index contributed by atoms with van der Waals surface area (Å²) in [5.41, 5.74) is 1.26. The zero-order chi connectivity index (χ0) is 20.0. The first-order valence-electron chi connectivity index (χ1n) is 8.83. The Morgan fingerprint density at radius 2 is 2.04 bits per heavy atom. The highest BCUT2D eigenvalue weighted by Crippen LogP contribution is 2.18. The van der Waals surface area contributed by atoms with Crippen molar-refractivity contribution in [3.8, 4) is 5.69 Å². The fourth-order valence-electron chi connectivity index (χ4n) is 2.64. The van der Waals surface area contributed by atoms with Crippen LogP contribution in [0.3, 0.4) is 0 Å². The first-order valence-corrected chi connectivity index (χ1v) is 10.5. The van der Waals surface area contributed by atoms with Crippen molar-refractivity contribution >= 4 is 26.2 Å². The molecule has 2 rings (SSSR count). The van der Waals surface area contributed by atoms with Crippen LogP contribution in [0.5, 0.6) is 0 Å². The first kappa shape index (κ1) is 20.8. The highest BCUT2D eigenvalue weighted by molar-refractivity contribution is 8.00. The van der Waals surface area contributed by atoms with Crippen molar-refractivity contribution in [1.29, 1.82) is 0 Å². The second kappa shape index (κ2) is 8.96. The van der Waals surface area contributed by atoms with Gasteiger partial charge in [0, 0.05) is 10.6 Å². The number of esters is 1. The molecule has 1 aromatic carbocycles. The Kier molecular flexibility index (Phi) is 6.92. The van der Waals surface area contributed by atoms with Crippen molar-refractivity contribution in [3.05, 3.63) is 24.3 Å². The second-order valence-corrected chi connectivity index (χ2v) is 8.03. The molecule has 0 bridgehead atoms. The number of hydrogen-bond donors (Lipinski definition) is 2. The zero-order valence-electron chi connectivity index (χ0n) is 16.0. The van der Waals surface area contributed by atoms with E-state index in [2.05, 4.69) is 20.8 Å². The van der Waals surface area contributed by atoms with Gasteiger partial charge in [-0.2, -0.15) is 4.68 Å². The van der Waals surface area contributed by atoms with E-state index in [-0.39, 0.29) is 11.1 Å². The van der Waals surface area contributed by atoms with Crippen molar-refractivity contribution in [1.82, 2.24) is 20.2 Å². The molecule has 3 N–H and O–H groups in total. The summed E-state index contributed by atoms with van der Waals surface area (Å²) in [5.74, 6) is -0.346. The molecule has 0 aliphatic rings. The molecule has 0 aliphatic heterocycles. The second-order valence-electron chi connectivity index (χ2n) is 5.89. The number of rotatable bonds is 8. The van der Waals surface area contributed by atoms with Gasteiger partial charge in [-0.25, -0.2) is 9.00 Å². The number of benzene rings is 1. The lowest BCUT2D eigenvalue weighted by atomic mass is 10.2. The Bertz CT molecular complexity index is 911. The van der Waals surface area contributed by atoms with Crippen LogP contribution in [-0.2, 0) is 19.2 Å². The van der Waals surface area contributed by atoms with Crippen LogP contribution in [0.1, 0.15) is 40.5 Å². The Morgan fingerprint density at radius 3 is 2.67 bits per heavy atom. The molecule has 2 atom stereocenters. The van der Waals surface area contributed by atoms with E-state index >= 15 is 0 Å². The Morgan fingerprint density at radius 1 is 1.33 bits per heavy atom. The Balaban J connectivity index is 2.40. The number of carbonyl (C=O) groups is 1. The van der Waals surface area contributed by atoms with Crippen LogP contribution in [0.15, 0.2) is 29.4 Å². The normalized spacial score (nSPS) is 14.3. The zero-order valence-corrected chi connectivity index (χ0v) is 16.8. The molecule has 0 spiro atoms. The standard InChI is InChI=1S/C17H26N6O3S/c1-5-15(6-2)27(18,25)17-20-21-22-23(17)14-10-8-9-13(11-14)19-12(4)16(24)26-7-3/h8-12,19H,5-7H2,1-4H3,(H2,18,25). The van der Waals surface area contributed by atoms with Gasteiger partial charge < -0.3 is 10.1 Å². The van der Waals surface area contributed by atoms with Crippen LogP contribution >= 0.6 is 0 Å². The number of carbonyl (C=O) groups excluding carboxylic acids is 1. The molecule has 1 heterocycles. The van der Waals surface area contributed by atoms with Crippen LogP contribution < -0.4 is 10.5 Å². The third-order valence-corrected chi connectivity index (χ3v) is 6.28. The molecule has 0 saturated carbocycles. The molecule has 148 valence electrons. The van der Waals surface area contributed by atoms with Gasteiger partial charge in [0.05, 0.1) is 22.0 Å². The van der Waals surface area contributed by atoms with E-state index in [0.717, 1.165) is 0 Å². The third kappa shape index (κ3) is 4.64. The van der Waals surface area contributed by atoms with E-state index in [1.807, 2.05) is 13.8 Å².